The Morgan fingerprint density at radius 1 is 1.33 bits per heavy atom. The van der Waals surface area contributed by atoms with E-state index in [1.807, 2.05) is 23.1 Å². The van der Waals surface area contributed by atoms with E-state index in [2.05, 4.69) is 16.0 Å². The van der Waals surface area contributed by atoms with E-state index in [1.165, 1.54) is 5.56 Å². The smallest absolute Gasteiger partial charge is 0.257 e. The summed E-state index contributed by atoms with van der Waals surface area (Å²) in [4.78, 5) is 22.5. The van der Waals surface area contributed by atoms with Crippen LogP contribution in [0.3, 0.4) is 0 Å². The summed E-state index contributed by atoms with van der Waals surface area (Å²) in [7, 11) is 0. The molecule has 1 aliphatic heterocycles. The monoisotopic (exact) mass is 301 g/mol. The van der Waals surface area contributed by atoms with Crippen molar-refractivity contribution in [2.24, 2.45) is 0 Å². The number of carbonyl (C=O) groups is 1. The average Bonchev–Trinajstić information content (AvgIpc) is 2.97. The van der Waals surface area contributed by atoms with Gasteiger partial charge in [0, 0.05) is 36.4 Å². The molecule has 0 saturated carbocycles. The van der Waals surface area contributed by atoms with Crippen LogP contribution in [0.4, 0.5) is 0 Å². The molecule has 0 bridgehead atoms. The minimum absolute atomic E-state index is 0.000437. The summed E-state index contributed by atoms with van der Waals surface area (Å²) in [6, 6.07) is 7.87. The van der Waals surface area contributed by atoms with Gasteiger partial charge in [-0.05, 0) is 31.0 Å². The topological polar surface area (TPSA) is 46.1 Å². The van der Waals surface area contributed by atoms with E-state index in [9.17, 15) is 4.79 Å². The molecule has 0 spiro atoms. The van der Waals surface area contributed by atoms with Gasteiger partial charge in [0.05, 0.1) is 5.56 Å². The lowest BCUT2D eigenvalue weighted by Crippen LogP contribution is -2.28. The third-order valence-electron chi connectivity index (χ3n) is 3.82. The third kappa shape index (κ3) is 3.05. The minimum Gasteiger partial charge on any atom is -0.338 e. The fourth-order valence-corrected chi connectivity index (χ4v) is 2.86. The first kappa shape index (κ1) is 14.0. The van der Waals surface area contributed by atoms with Crippen LogP contribution in [0.5, 0.6) is 0 Å². The van der Waals surface area contributed by atoms with Gasteiger partial charge in [-0.25, -0.2) is 9.97 Å². The van der Waals surface area contributed by atoms with Crippen molar-refractivity contribution in [2.45, 2.75) is 19.3 Å². The molecule has 108 valence electrons. The van der Waals surface area contributed by atoms with Gasteiger partial charge in [-0.15, -0.1) is 0 Å². The highest BCUT2D eigenvalue weighted by atomic mass is 35.5. The van der Waals surface area contributed by atoms with Crippen molar-refractivity contribution in [3.05, 3.63) is 58.6 Å². The highest BCUT2D eigenvalue weighted by molar-refractivity contribution is 6.30. The van der Waals surface area contributed by atoms with Crippen LogP contribution in [0, 0.1) is 6.92 Å². The molecule has 0 N–H and O–H groups in total. The molecule has 2 heterocycles. The van der Waals surface area contributed by atoms with E-state index in [0.29, 0.717) is 23.9 Å². The fourth-order valence-electron chi connectivity index (χ4n) is 2.66. The first-order valence-electron chi connectivity index (χ1n) is 6.97. The highest BCUT2D eigenvalue weighted by Gasteiger charge is 2.28. The van der Waals surface area contributed by atoms with Gasteiger partial charge in [-0.1, -0.05) is 23.7 Å². The lowest BCUT2D eigenvalue weighted by molar-refractivity contribution is 0.0790. The van der Waals surface area contributed by atoms with Gasteiger partial charge >= 0.3 is 0 Å². The van der Waals surface area contributed by atoms with Gasteiger partial charge in [-0.2, -0.15) is 0 Å². The van der Waals surface area contributed by atoms with Gasteiger partial charge in [-0.3, -0.25) is 4.79 Å². The van der Waals surface area contributed by atoms with Crippen molar-refractivity contribution in [3.63, 3.8) is 0 Å². The predicted octanol–water partition coefficient (Wildman–Crippen LogP) is 3.07. The SMILES string of the molecule is Cc1ncc(C(=O)N2CC[C@H](c3cccc(Cl)c3)C2)cn1. The number of benzene rings is 1. The molecule has 1 saturated heterocycles. The van der Waals surface area contributed by atoms with Crippen LogP contribution in [0.2, 0.25) is 5.02 Å². The maximum absolute atomic E-state index is 12.4. The standard InChI is InChI=1S/C16H16ClN3O/c1-11-18-8-14(9-19-11)16(21)20-6-5-13(10-20)12-3-2-4-15(17)7-12/h2-4,7-9,13H,5-6,10H2,1H3/t13-/m0/s1. The van der Waals surface area contributed by atoms with Crippen LogP contribution in [-0.2, 0) is 0 Å². The van der Waals surface area contributed by atoms with Crippen LogP contribution in [0.15, 0.2) is 36.7 Å². The summed E-state index contributed by atoms with van der Waals surface area (Å²) >= 11 is 6.04. The molecule has 1 aromatic heterocycles. The summed E-state index contributed by atoms with van der Waals surface area (Å²) in [6.45, 7) is 3.27. The molecule has 4 nitrogen and oxygen atoms in total. The first-order chi connectivity index (χ1) is 10.1. The van der Waals surface area contributed by atoms with Gasteiger partial charge in [0.15, 0.2) is 0 Å². The van der Waals surface area contributed by atoms with Crippen LogP contribution in [0.1, 0.15) is 34.1 Å². The molecule has 3 rings (SSSR count). The van der Waals surface area contributed by atoms with Crippen LogP contribution in [-0.4, -0.2) is 33.9 Å². The van der Waals surface area contributed by atoms with Crippen LogP contribution >= 0.6 is 11.6 Å². The Hall–Kier alpha value is -1.94. The molecular weight excluding hydrogens is 286 g/mol. The van der Waals surface area contributed by atoms with Crippen molar-refractivity contribution in [2.75, 3.05) is 13.1 Å². The number of likely N-dealkylation sites (tertiary alicyclic amines) is 1. The van der Waals surface area contributed by atoms with Gasteiger partial charge in [0.25, 0.3) is 5.91 Å². The number of hydrogen-bond acceptors (Lipinski definition) is 3. The quantitative estimate of drug-likeness (QED) is 0.856. The summed E-state index contributed by atoms with van der Waals surface area (Å²) in [5.74, 6) is 1.02. The summed E-state index contributed by atoms with van der Waals surface area (Å²) in [5.41, 5.74) is 1.74. The summed E-state index contributed by atoms with van der Waals surface area (Å²) in [6.07, 6.45) is 4.15. The van der Waals surface area contributed by atoms with Gasteiger partial charge in [0.2, 0.25) is 0 Å². The fraction of sp³-hybridized carbons (Fsp3) is 0.312. The number of hydrogen-bond donors (Lipinski definition) is 0. The maximum atomic E-state index is 12.4. The summed E-state index contributed by atoms with van der Waals surface area (Å²) < 4.78 is 0. The number of nitrogens with zero attached hydrogens (tertiary/aromatic N) is 3. The number of amides is 1. The third-order valence-corrected chi connectivity index (χ3v) is 4.06. The molecule has 1 fully saturated rings. The van der Waals surface area contributed by atoms with E-state index >= 15 is 0 Å². The zero-order chi connectivity index (χ0) is 14.8. The Balaban J connectivity index is 1.72. The summed E-state index contributed by atoms with van der Waals surface area (Å²) in [5, 5.41) is 0.740. The Morgan fingerprint density at radius 3 is 2.81 bits per heavy atom. The van der Waals surface area contributed by atoms with Gasteiger partial charge in [0.1, 0.15) is 5.82 Å². The van der Waals surface area contributed by atoms with Crippen LogP contribution in [0.25, 0.3) is 0 Å². The lowest BCUT2D eigenvalue weighted by Gasteiger charge is -2.16. The number of carbonyl (C=O) groups excluding carboxylic acids is 1. The Labute approximate surface area is 128 Å². The largest absolute Gasteiger partial charge is 0.338 e. The number of aryl methyl sites for hydroxylation is 1. The van der Waals surface area contributed by atoms with Crippen LogP contribution < -0.4 is 0 Å². The first-order valence-corrected chi connectivity index (χ1v) is 7.34. The molecular formula is C16H16ClN3O. The predicted molar refractivity (Wildman–Crippen MR) is 81.5 cm³/mol. The number of halogens is 1. The van der Waals surface area contributed by atoms with E-state index in [4.69, 9.17) is 11.6 Å². The molecule has 2 aromatic rings. The maximum Gasteiger partial charge on any atom is 0.257 e. The Morgan fingerprint density at radius 2 is 2.10 bits per heavy atom. The average molecular weight is 302 g/mol. The zero-order valence-corrected chi connectivity index (χ0v) is 12.5. The van der Waals surface area contributed by atoms with Crippen molar-refractivity contribution >= 4 is 17.5 Å². The second-order valence-electron chi connectivity index (χ2n) is 5.31. The lowest BCUT2D eigenvalue weighted by atomic mass is 9.99. The second-order valence-corrected chi connectivity index (χ2v) is 5.75. The van der Waals surface area contributed by atoms with Crippen molar-refractivity contribution in [1.82, 2.24) is 14.9 Å². The molecule has 21 heavy (non-hydrogen) atoms. The molecule has 1 aliphatic rings. The van der Waals surface area contributed by atoms with Crippen molar-refractivity contribution < 1.29 is 4.79 Å². The van der Waals surface area contributed by atoms with Gasteiger partial charge < -0.3 is 4.90 Å². The van der Waals surface area contributed by atoms with E-state index in [1.54, 1.807) is 19.3 Å². The molecule has 0 radical (unpaired) electrons. The second kappa shape index (κ2) is 5.82. The highest BCUT2D eigenvalue weighted by Crippen LogP contribution is 2.29. The van der Waals surface area contributed by atoms with E-state index in [-0.39, 0.29) is 5.91 Å². The molecule has 0 unspecified atom stereocenters. The molecule has 0 aliphatic carbocycles. The minimum atomic E-state index is -0.000437. The Kier molecular flexibility index (Phi) is 3.88. The molecule has 1 amide bonds. The van der Waals surface area contributed by atoms with E-state index in [0.717, 1.165) is 18.0 Å². The molecule has 5 heteroatoms. The number of rotatable bonds is 2. The zero-order valence-electron chi connectivity index (χ0n) is 11.8. The number of aromatic nitrogens is 2. The molecule has 1 aromatic carbocycles. The molecule has 1 atom stereocenters. The van der Waals surface area contributed by atoms with Crippen molar-refractivity contribution in [3.8, 4) is 0 Å². The van der Waals surface area contributed by atoms with Crippen molar-refractivity contribution in [1.29, 1.82) is 0 Å². The Bertz CT molecular complexity index is 657. The normalized spacial score (nSPS) is 18.0. The van der Waals surface area contributed by atoms with E-state index < -0.39 is 0 Å².